The summed E-state index contributed by atoms with van der Waals surface area (Å²) >= 11 is 0. The van der Waals surface area contributed by atoms with E-state index in [1.807, 2.05) is 0 Å². The maximum Gasteiger partial charge on any atom is 0.0326 e. The molecule has 1 N–H and O–H groups in total. The first-order valence-electron chi connectivity index (χ1n) is 5.73. The molecule has 0 unspecified atom stereocenters. The summed E-state index contributed by atoms with van der Waals surface area (Å²) in [6.07, 6.45) is 5.10. The average molecular weight is 189 g/mol. The highest BCUT2D eigenvalue weighted by atomic mass is 14.9. The zero-order valence-electron chi connectivity index (χ0n) is 8.92. The number of unbranched alkanes of at least 4 members (excludes halogenated alkanes) is 1. The van der Waals surface area contributed by atoms with Gasteiger partial charge in [0.2, 0.25) is 0 Å². The van der Waals surface area contributed by atoms with E-state index >= 15 is 0 Å². The molecule has 0 heterocycles. The molecule has 1 aliphatic carbocycles. The van der Waals surface area contributed by atoms with E-state index in [2.05, 4.69) is 36.5 Å². The van der Waals surface area contributed by atoms with Gasteiger partial charge >= 0.3 is 0 Å². The van der Waals surface area contributed by atoms with Crippen molar-refractivity contribution in [2.24, 2.45) is 0 Å². The van der Waals surface area contributed by atoms with Gasteiger partial charge in [-0.2, -0.15) is 0 Å². The van der Waals surface area contributed by atoms with E-state index in [1.165, 1.54) is 31.2 Å². The predicted molar refractivity (Wildman–Crippen MR) is 60.4 cm³/mol. The smallest absolute Gasteiger partial charge is 0.0326 e. The number of benzene rings is 1. The second-order valence-corrected chi connectivity index (χ2v) is 4.10. The molecule has 76 valence electrons. The third-order valence-corrected chi connectivity index (χ3v) is 3.05. The SMILES string of the molecule is CCCCN[C@H]1CCc2ccccc21. The zero-order chi connectivity index (χ0) is 9.80. The average Bonchev–Trinajstić information content (AvgIpc) is 2.63. The topological polar surface area (TPSA) is 12.0 Å². The molecule has 0 radical (unpaired) electrons. The van der Waals surface area contributed by atoms with E-state index in [0.717, 1.165) is 6.54 Å². The van der Waals surface area contributed by atoms with Crippen LogP contribution >= 0.6 is 0 Å². The molecule has 0 bridgehead atoms. The van der Waals surface area contributed by atoms with Gasteiger partial charge in [0.15, 0.2) is 0 Å². The summed E-state index contributed by atoms with van der Waals surface area (Å²) in [6, 6.07) is 9.45. The van der Waals surface area contributed by atoms with Gasteiger partial charge < -0.3 is 5.32 Å². The summed E-state index contributed by atoms with van der Waals surface area (Å²) in [5.74, 6) is 0. The Balaban J connectivity index is 1.96. The Morgan fingerprint density at radius 1 is 1.36 bits per heavy atom. The molecule has 1 nitrogen and oxygen atoms in total. The van der Waals surface area contributed by atoms with Crippen molar-refractivity contribution in [2.45, 2.75) is 38.6 Å². The fourth-order valence-corrected chi connectivity index (χ4v) is 2.22. The molecule has 1 atom stereocenters. The molecule has 1 heteroatoms. The number of hydrogen-bond acceptors (Lipinski definition) is 1. The van der Waals surface area contributed by atoms with E-state index in [0.29, 0.717) is 6.04 Å². The Kier molecular flexibility index (Phi) is 3.20. The van der Waals surface area contributed by atoms with Crippen molar-refractivity contribution in [2.75, 3.05) is 6.54 Å². The molecular formula is C13H19N. The van der Waals surface area contributed by atoms with Crippen LogP contribution in [0.1, 0.15) is 43.4 Å². The maximum absolute atomic E-state index is 3.64. The number of fused-ring (bicyclic) bond motifs is 1. The molecule has 0 spiro atoms. The third-order valence-electron chi connectivity index (χ3n) is 3.05. The normalized spacial score (nSPS) is 19.6. The van der Waals surface area contributed by atoms with Gasteiger partial charge in [-0.05, 0) is 36.9 Å². The Morgan fingerprint density at radius 2 is 2.21 bits per heavy atom. The lowest BCUT2D eigenvalue weighted by Gasteiger charge is -2.13. The van der Waals surface area contributed by atoms with Gasteiger partial charge in [-0.3, -0.25) is 0 Å². The highest BCUT2D eigenvalue weighted by molar-refractivity contribution is 5.34. The van der Waals surface area contributed by atoms with Crippen molar-refractivity contribution in [1.29, 1.82) is 0 Å². The van der Waals surface area contributed by atoms with Crippen molar-refractivity contribution in [3.8, 4) is 0 Å². The molecule has 1 aliphatic rings. The van der Waals surface area contributed by atoms with E-state index in [1.54, 1.807) is 5.56 Å². The molecule has 0 amide bonds. The Labute approximate surface area is 86.5 Å². The predicted octanol–water partition coefficient (Wildman–Crippen LogP) is 3.06. The van der Waals surface area contributed by atoms with Gasteiger partial charge in [0.1, 0.15) is 0 Å². The minimum absolute atomic E-state index is 0.623. The summed E-state index contributed by atoms with van der Waals surface area (Å²) in [5, 5.41) is 3.64. The van der Waals surface area contributed by atoms with E-state index in [9.17, 15) is 0 Å². The Hall–Kier alpha value is -0.820. The van der Waals surface area contributed by atoms with Crippen LogP contribution in [0.2, 0.25) is 0 Å². The fraction of sp³-hybridized carbons (Fsp3) is 0.538. The van der Waals surface area contributed by atoms with Crippen molar-refractivity contribution in [3.05, 3.63) is 35.4 Å². The van der Waals surface area contributed by atoms with Gasteiger partial charge in [-0.25, -0.2) is 0 Å². The number of aryl methyl sites for hydroxylation is 1. The van der Waals surface area contributed by atoms with E-state index in [4.69, 9.17) is 0 Å². The molecule has 0 aliphatic heterocycles. The largest absolute Gasteiger partial charge is 0.310 e. The van der Waals surface area contributed by atoms with Crippen LogP contribution in [-0.4, -0.2) is 6.54 Å². The van der Waals surface area contributed by atoms with Crippen LogP contribution in [0.25, 0.3) is 0 Å². The summed E-state index contributed by atoms with van der Waals surface area (Å²) in [5.41, 5.74) is 3.07. The van der Waals surface area contributed by atoms with Crippen LogP contribution in [-0.2, 0) is 6.42 Å². The zero-order valence-corrected chi connectivity index (χ0v) is 8.92. The van der Waals surface area contributed by atoms with Gasteiger partial charge in [0.25, 0.3) is 0 Å². The molecule has 1 aromatic carbocycles. The van der Waals surface area contributed by atoms with Crippen molar-refractivity contribution < 1.29 is 0 Å². The lowest BCUT2D eigenvalue weighted by molar-refractivity contribution is 0.518. The first-order valence-corrected chi connectivity index (χ1v) is 5.73. The summed E-state index contributed by atoms with van der Waals surface area (Å²) in [6.45, 7) is 3.40. The molecule has 1 aromatic rings. The van der Waals surface area contributed by atoms with Crippen LogP contribution in [0.15, 0.2) is 24.3 Å². The molecule has 0 aromatic heterocycles. The number of rotatable bonds is 4. The van der Waals surface area contributed by atoms with Gasteiger partial charge in [0, 0.05) is 6.04 Å². The summed E-state index contributed by atoms with van der Waals surface area (Å²) in [4.78, 5) is 0. The molecular weight excluding hydrogens is 170 g/mol. The second kappa shape index (κ2) is 4.61. The molecule has 0 fully saturated rings. The summed E-state index contributed by atoms with van der Waals surface area (Å²) < 4.78 is 0. The standard InChI is InChI=1S/C13H19N/c1-2-3-10-14-13-9-8-11-6-4-5-7-12(11)13/h4-7,13-14H,2-3,8-10H2,1H3/t13-/m0/s1. The lowest BCUT2D eigenvalue weighted by Crippen LogP contribution is -2.20. The van der Waals surface area contributed by atoms with Crippen molar-refractivity contribution >= 4 is 0 Å². The second-order valence-electron chi connectivity index (χ2n) is 4.10. The monoisotopic (exact) mass is 189 g/mol. The number of hydrogen-bond donors (Lipinski definition) is 1. The highest BCUT2D eigenvalue weighted by Crippen LogP contribution is 2.30. The summed E-state index contributed by atoms with van der Waals surface area (Å²) in [7, 11) is 0. The minimum atomic E-state index is 0.623. The third kappa shape index (κ3) is 1.98. The molecule has 2 rings (SSSR count). The molecule has 0 saturated heterocycles. The molecule has 14 heavy (non-hydrogen) atoms. The minimum Gasteiger partial charge on any atom is -0.310 e. The first-order chi connectivity index (χ1) is 6.92. The first kappa shape index (κ1) is 9.72. The van der Waals surface area contributed by atoms with Gasteiger partial charge in [-0.1, -0.05) is 37.6 Å². The van der Waals surface area contributed by atoms with Crippen molar-refractivity contribution in [3.63, 3.8) is 0 Å². The lowest BCUT2D eigenvalue weighted by atomic mass is 10.1. The van der Waals surface area contributed by atoms with Crippen LogP contribution in [0.5, 0.6) is 0 Å². The van der Waals surface area contributed by atoms with Crippen LogP contribution in [0, 0.1) is 0 Å². The van der Waals surface area contributed by atoms with Crippen LogP contribution in [0.4, 0.5) is 0 Å². The van der Waals surface area contributed by atoms with Gasteiger partial charge in [-0.15, -0.1) is 0 Å². The van der Waals surface area contributed by atoms with E-state index < -0.39 is 0 Å². The fourth-order valence-electron chi connectivity index (χ4n) is 2.22. The number of nitrogens with one attached hydrogen (secondary N) is 1. The quantitative estimate of drug-likeness (QED) is 0.718. The van der Waals surface area contributed by atoms with Crippen LogP contribution < -0.4 is 5.32 Å². The van der Waals surface area contributed by atoms with Crippen molar-refractivity contribution in [1.82, 2.24) is 5.32 Å². The maximum atomic E-state index is 3.64. The molecule has 0 saturated carbocycles. The highest BCUT2D eigenvalue weighted by Gasteiger charge is 2.20. The Bertz CT molecular complexity index is 293. The van der Waals surface area contributed by atoms with Gasteiger partial charge in [0.05, 0.1) is 0 Å². The van der Waals surface area contributed by atoms with E-state index in [-0.39, 0.29) is 0 Å². The van der Waals surface area contributed by atoms with Crippen LogP contribution in [0.3, 0.4) is 0 Å². The Morgan fingerprint density at radius 3 is 3.07 bits per heavy atom.